The lowest BCUT2D eigenvalue weighted by molar-refractivity contribution is -0.131. The molecule has 2 aromatic rings. The maximum absolute atomic E-state index is 12.4. The van der Waals surface area contributed by atoms with Gasteiger partial charge in [-0.15, -0.1) is 24.8 Å². The fourth-order valence-electron chi connectivity index (χ4n) is 3.73. The van der Waals surface area contributed by atoms with E-state index in [-0.39, 0.29) is 30.7 Å². The quantitative estimate of drug-likeness (QED) is 0.643. The van der Waals surface area contributed by atoms with Crippen molar-refractivity contribution < 1.29 is 9.53 Å². The van der Waals surface area contributed by atoms with Crippen molar-refractivity contribution in [1.82, 2.24) is 15.1 Å². The maximum atomic E-state index is 12.4. The van der Waals surface area contributed by atoms with Gasteiger partial charge in [-0.05, 0) is 48.9 Å². The Kier molecular flexibility index (Phi) is 9.91. The highest BCUT2D eigenvalue weighted by Gasteiger charge is 2.38. The summed E-state index contributed by atoms with van der Waals surface area (Å²) in [5.41, 5.74) is 2.39. The van der Waals surface area contributed by atoms with Gasteiger partial charge in [-0.25, -0.2) is 0 Å². The summed E-state index contributed by atoms with van der Waals surface area (Å²) in [6, 6.07) is 16.4. The maximum Gasteiger partial charge on any atom is 0.236 e. The van der Waals surface area contributed by atoms with Gasteiger partial charge in [0.15, 0.2) is 0 Å². The van der Waals surface area contributed by atoms with Crippen LogP contribution in [-0.4, -0.2) is 61.5 Å². The van der Waals surface area contributed by atoms with Gasteiger partial charge in [0, 0.05) is 43.2 Å². The van der Waals surface area contributed by atoms with E-state index < -0.39 is 0 Å². The number of halogens is 3. The molecule has 0 radical (unpaired) electrons. The van der Waals surface area contributed by atoms with Crippen molar-refractivity contribution in [2.45, 2.75) is 25.0 Å². The number of piperazine rings is 1. The summed E-state index contributed by atoms with van der Waals surface area (Å²) in [5, 5.41) is 4.16. The molecule has 2 unspecified atom stereocenters. The van der Waals surface area contributed by atoms with Crippen LogP contribution in [0.4, 0.5) is 0 Å². The third-order valence-corrected chi connectivity index (χ3v) is 6.04. The number of hydrogen-bond acceptors (Lipinski definition) is 4. The Morgan fingerprint density at radius 1 is 1.03 bits per heavy atom. The zero-order valence-electron chi connectivity index (χ0n) is 17.6. The summed E-state index contributed by atoms with van der Waals surface area (Å²) in [5.74, 6) is 1.56. The Morgan fingerprint density at radius 3 is 2.32 bits per heavy atom. The minimum Gasteiger partial charge on any atom is -0.489 e. The number of likely N-dealkylation sites (N-methyl/N-ethyl adjacent to an activating group) is 1. The number of benzene rings is 2. The van der Waals surface area contributed by atoms with Gasteiger partial charge in [-0.1, -0.05) is 35.9 Å². The summed E-state index contributed by atoms with van der Waals surface area (Å²) in [6.45, 7) is 4.56. The molecule has 0 spiro atoms. The fourth-order valence-corrected chi connectivity index (χ4v) is 3.86. The highest BCUT2D eigenvalue weighted by Crippen LogP contribution is 2.41. The average molecular weight is 487 g/mol. The number of amides is 1. The van der Waals surface area contributed by atoms with Gasteiger partial charge in [-0.3, -0.25) is 4.79 Å². The molecule has 1 N–H and O–H groups in total. The van der Waals surface area contributed by atoms with Crippen LogP contribution in [0.15, 0.2) is 48.5 Å². The fraction of sp³-hybridized carbons (Fsp3) is 0.435. The number of carbonyl (C=O) groups excluding carboxylic acids is 1. The van der Waals surface area contributed by atoms with E-state index in [9.17, 15) is 4.79 Å². The summed E-state index contributed by atoms with van der Waals surface area (Å²) in [6.07, 6.45) is 1.08. The van der Waals surface area contributed by atoms with Crippen LogP contribution in [0, 0.1) is 0 Å². The van der Waals surface area contributed by atoms with Crippen LogP contribution in [0.1, 0.15) is 23.5 Å². The molecule has 1 amide bonds. The number of carbonyl (C=O) groups is 1. The first-order valence-corrected chi connectivity index (χ1v) is 10.6. The molecule has 0 bridgehead atoms. The van der Waals surface area contributed by atoms with Crippen molar-refractivity contribution in [2.75, 3.05) is 39.8 Å². The Morgan fingerprint density at radius 2 is 1.68 bits per heavy atom. The SMILES string of the molecule is CN1CCN(C(=O)CNC2CC2c2ccc(OCc3ccc(Cl)cc3)cc2)CC1.Cl.Cl. The third kappa shape index (κ3) is 7.26. The second-order valence-corrected chi connectivity index (χ2v) is 8.43. The minimum absolute atomic E-state index is 0. The van der Waals surface area contributed by atoms with Crippen molar-refractivity contribution >= 4 is 42.3 Å². The highest BCUT2D eigenvalue weighted by atomic mass is 35.5. The number of nitrogens with one attached hydrogen (secondary N) is 1. The third-order valence-electron chi connectivity index (χ3n) is 5.79. The number of nitrogens with zero attached hydrogens (tertiary/aromatic N) is 2. The van der Waals surface area contributed by atoms with Crippen LogP contribution in [0.25, 0.3) is 0 Å². The Balaban J connectivity index is 0.00000171. The Bertz CT molecular complexity index is 825. The molecule has 2 atom stereocenters. The standard InChI is InChI=1S/C23H28ClN3O2.2ClH/c1-26-10-12-27(13-11-26)23(28)15-25-22-14-21(22)18-4-8-20(9-5-18)29-16-17-2-6-19(24)7-3-17;;/h2-9,21-22,25H,10-16H2,1H3;2*1H. The van der Waals surface area contributed by atoms with E-state index in [1.54, 1.807) is 0 Å². The van der Waals surface area contributed by atoms with Crippen LogP contribution < -0.4 is 10.1 Å². The normalized spacial score (nSPS) is 20.4. The topological polar surface area (TPSA) is 44.8 Å². The average Bonchev–Trinajstić information content (AvgIpc) is 3.52. The van der Waals surface area contributed by atoms with Crippen LogP contribution in [0.2, 0.25) is 5.02 Å². The zero-order chi connectivity index (χ0) is 20.2. The van der Waals surface area contributed by atoms with Crippen molar-refractivity contribution in [1.29, 1.82) is 0 Å². The highest BCUT2D eigenvalue weighted by molar-refractivity contribution is 6.30. The van der Waals surface area contributed by atoms with E-state index in [2.05, 4.69) is 29.4 Å². The predicted molar refractivity (Wildman–Crippen MR) is 130 cm³/mol. The van der Waals surface area contributed by atoms with Gasteiger partial charge in [0.05, 0.1) is 6.54 Å². The van der Waals surface area contributed by atoms with Gasteiger partial charge in [0.1, 0.15) is 12.4 Å². The van der Waals surface area contributed by atoms with Crippen molar-refractivity contribution in [3.63, 3.8) is 0 Å². The molecule has 5 nitrogen and oxygen atoms in total. The predicted octanol–water partition coefficient (Wildman–Crippen LogP) is 3.98. The van der Waals surface area contributed by atoms with Crippen molar-refractivity contribution in [3.05, 3.63) is 64.7 Å². The number of rotatable bonds is 7. The lowest BCUT2D eigenvalue weighted by atomic mass is 10.1. The first-order valence-electron chi connectivity index (χ1n) is 10.3. The molecule has 4 rings (SSSR count). The van der Waals surface area contributed by atoms with Crippen LogP contribution in [0.3, 0.4) is 0 Å². The summed E-state index contributed by atoms with van der Waals surface area (Å²) in [4.78, 5) is 16.6. The van der Waals surface area contributed by atoms with Gasteiger partial charge in [0.25, 0.3) is 0 Å². The zero-order valence-corrected chi connectivity index (χ0v) is 20.0. The minimum atomic E-state index is 0. The van der Waals surface area contributed by atoms with E-state index in [0.717, 1.165) is 48.9 Å². The first kappa shape index (κ1) is 25.8. The lowest BCUT2D eigenvalue weighted by Gasteiger charge is -2.32. The molecule has 31 heavy (non-hydrogen) atoms. The molecule has 1 heterocycles. The summed E-state index contributed by atoms with van der Waals surface area (Å²) >= 11 is 5.91. The summed E-state index contributed by atoms with van der Waals surface area (Å²) < 4.78 is 5.86. The summed E-state index contributed by atoms with van der Waals surface area (Å²) in [7, 11) is 2.10. The first-order chi connectivity index (χ1) is 14.1. The molecular weight excluding hydrogens is 457 g/mol. The lowest BCUT2D eigenvalue weighted by Crippen LogP contribution is -2.49. The van der Waals surface area contributed by atoms with Gasteiger partial charge >= 0.3 is 0 Å². The monoisotopic (exact) mass is 485 g/mol. The molecule has 1 saturated heterocycles. The van der Waals surface area contributed by atoms with E-state index >= 15 is 0 Å². The molecule has 1 saturated carbocycles. The molecule has 2 aliphatic rings. The van der Waals surface area contributed by atoms with E-state index in [1.807, 2.05) is 41.3 Å². The van der Waals surface area contributed by atoms with Crippen molar-refractivity contribution in [3.8, 4) is 5.75 Å². The largest absolute Gasteiger partial charge is 0.489 e. The van der Waals surface area contributed by atoms with Gasteiger partial charge in [0.2, 0.25) is 5.91 Å². The van der Waals surface area contributed by atoms with Crippen molar-refractivity contribution in [2.24, 2.45) is 0 Å². The second-order valence-electron chi connectivity index (χ2n) is 8.00. The molecule has 2 aromatic carbocycles. The molecule has 170 valence electrons. The second kappa shape index (κ2) is 11.9. The van der Waals surface area contributed by atoms with E-state index in [0.29, 0.717) is 25.1 Å². The Labute approximate surface area is 201 Å². The Hall–Kier alpha value is -1.50. The van der Waals surface area contributed by atoms with Crippen LogP contribution >= 0.6 is 36.4 Å². The van der Waals surface area contributed by atoms with Gasteiger partial charge in [-0.2, -0.15) is 0 Å². The van der Waals surface area contributed by atoms with Gasteiger partial charge < -0.3 is 19.9 Å². The number of hydrogen-bond donors (Lipinski definition) is 1. The molecular formula is C23H30Cl3N3O2. The molecule has 2 fully saturated rings. The molecule has 8 heteroatoms. The molecule has 0 aromatic heterocycles. The van der Waals surface area contributed by atoms with Crippen LogP contribution in [0.5, 0.6) is 5.75 Å². The smallest absolute Gasteiger partial charge is 0.236 e. The van der Waals surface area contributed by atoms with Crippen LogP contribution in [-0.2, 0) is 11.4 Å². The number of ether oxygens (including phenoxy) is 1. The van der Waals surface area contributed by atoms with E-state index in [4.69, 9.17) is 16.3 Å². The van der Waals surface area contributed by atoms with E-state index in [1.165, 1.54) is 5.56 Å². The molecule has 1 aliphatic carbocycles. The molecule has 1 aliphatic heterocycles.